The molecule has 0 saturated carbocycles. The second kappa shape index (κ2) is 7.51. The maximum Gasteiger partial charge on any atom is 0.339 e. The summed E-state index contributed by atoms with van der Waals surface area (Å²) < 4.78 is 5.70. The molecule has 3 rings (SSSR count). The highest BCUT2D eigenvalue weighted by atomic mass is 16.5. The summed E-state index contributed by atoms with van der Waals surface area (Å²) in [5.41, 5.74) is 3.05. The van der Waals surface area contributed by atoms with Crippen LogP contribution >= 0.6 is 0 Å². The topological polar surface area (TPSA) is 46.6 Å². The van der Waals surface area contributed by atoms with Crippen molar-refractivity contribution in [2.75, 3.05) is 13.1 Å². The van der Waals surface area contributed by atoms with E-state index in [0.717, 1.165) is 37.1 Å². The quantitative estimate of drug-likeness (QED) is 0.797. The first-order valence-electron chi connectivity index (χ1n) is 8.68. The highest BCUT2D eigenvalue weighted by Crippen LogP contribution is 2.25. The molecule has 2 aromatic rings. The summed E-state index contributed by atoms with van der Waals surface area (Å²) in [4.78, 5) is 27.4. The van der Waals surface area contributed by atoms with Gasteiger partial charge in [0.2, 0.25) is 6.10 Å². The SMILES string of the molecule is Cc1ccc(C)c(C(=O)O[C@H](C(=O)N2CCCC2)c2ccccc2)c1. The fraction of sp³-hybridized carbons (Fsp3) is 0.333. The average molecular weight is 337 g/mol. The summed E-state index contributed by atoms with van der Waals surface area (Å²) in [6.07, 6.45) is 1.10. The van der Waals surface area contributed by atoms with Crippen molar-refractivity contribution in [3.05, 3.63) is 70.8 Å². The number of esters is 1. The standard InChI is InChI=1S/C21H23NO3/c1-15-10-11-16(2)18(14-15)21(24)25-19(17-8-4-3-5-9-17)20(23)22-12-6-7-13-22/h3-5,8-11,14,19H,6-7,12-13H2,1-2H3/t19-/m0/s1. The number of ether oxygens (including phenoxy) is 1. The molecule has 0 aromatic heterocycles. The molecule has 0 bridgehead atoms. The minimum absolute atomic E-state index is 0.137. The molecule has 1 fully saturated rings. The monoisotopic (exact) mass is 337 g/mol. The summed E-state index contributed by atoms with van der Waals surface area (Å²) in [6, 6.07) is 14.9. The van der Waals surface area contributed by atoms with E-state index in [1.54, 1.807) is 11.0 Å². The average Bonchev–Trinajstić information content (AvgIpc) is 3.16. The number of benzene rings is 2. The van der Waals surface area contributed by atoms with Crippen LogP contribution in [0.2, 0.25) is 0 Å². The van der Waals surface area contributed by atoms with E-state index in [1.807, 2.05) is 56.3 Å². The van der Waals surface area contributed by atoms with Crippen LogP contribution in [-0.2, 0) is 9.53 Å². The lowest BCUT2D eigenvalue weighted by Gasteiger charge is -2.24. The van der Waals surface area contributed by atoms with Gasteiger partial charge in [0.15, 0.2) is 0 Å². The lowest BCUT2D eigenvalue weighted by atomic mass is 10.1. The minimum Gasteiger partial charge on any atom is -0.444 e. The van der Waals surface area contributed by atoms with Crippen LogP contribution in [0.3, 0.4) is 0 Å². The molecule has 0 N–H and O–H groups in total. The number of carbonyl (C=O) groups is 2. The summed E-state index contributed by atoms with van der Waals surface area (Å²) in [6.45, 7) is 5.25. The lowest BCUT2D eigenvalue weighted by Crippen LogP contribution is -2.35. The van der Waals surface area contributed by atoms with Gasteiger partial charge in [0.05, 0.1) is 5.56 Å². The zero-order valence-corrected chi connectivity index (χ0v) is 14.7. The fourth-order valence-corrected chi connectivity index (χ4v) is 3.12. The van der Waals surface area contributed by atoms with Gasteiger partial charge in [-0.2, -0.15) is 0 Å². The predicted molar refractivity (Wildman–Crippen MR) is 96.3 cm³/mol. The molecule has 4 heteroatoms. The van der Waals surface area contributed by atoms with E-state index in [0.29, 0.717) is 11.1 Å². The van der Waals surface area contributed by atoms with Crippen molar-refractivity contribution >= 4 is 11.9 Å². The highest BCUT2D eigenvalue weighted by Gasteiger charge is 2.31. The van der Waals surface area contributed by atoms with Crippen LogP contribution < -0.4 is 0 Å². The van der Waals surface area contributed by atoms with Gasteiger partial charge in [0, 0.05) is 18.7 Å². The Morgan fingerprint density at radius 1 is 1.00 bits per heavy atom. The Labute approximate surface area is 148 Å². The number of carbonyl (C=O) groups excluding carboxylic acids is 2. The summed E-state index contributed by atoms with van der Waals surface area (Å²) in [7, 11) is 0. The molecular formula is C21H23NO3. The molecule has 1 aliphatic heterocycles. The number of hydrogen-bond acceptors (Lipinski definition) is 3. The lowest BCUT2D eigenvalue weighted by molar-refractivity contribution is -0.140. The summed E-state index contributed by atoms with van der Waals surface area (Å²) in [5, 5.41) is 0. The molecule has 130 valence electrons. The number of likely N-dealkylation sites (tertiary alicyclic amines) is 1. The maximum atomic E-state index is 12.9. The summed E-state index contributed by atoms with van der Waals surface area (Å²) >= 11 is 0. The normalized spacial score (nSPS) is 15.0. The Kier molecular flexibility index (Phi) is 5.17. The molecule has 0 aliphatic carbocycles. The molecule has 4 nitrogen and oxygen atoms in total. The molecule has 0 unspecified atom stereocenters. The van der Waals surface area contributed by atoms with Crippen LogP contribution in [0.1, 0.15) is 46.0 Å². The van der Waals surface area contributed by atoms with E-state index < -0.39 is 12.1 Å². The smallest absolute Gasteiger partial charge is 0.339 e. The summed E-state index contributed by atoms with van der Waals surface area (Å²) in [5.74, 6) is -0.593. The Balaban J connectivity index is 1.88. The van der Waals surface area contributed by atoms with Crippen molar-refractivity contribution in [1.29, 1.82) is 0 Å². The van der Waals surface area contributed by atoms with Gasteiger partial charge >= 0.3 is 5.97 Å². The van der Waals surface area contributed by atoms with Crippen LogP contribution in [-0.4, -0.2) is 29.9 Å². The molecule has 25 heavy (non-hydrogen) atoms. The second-order valence-electron chi connectivity index (χ2n) is 6.55. The van der Waals surface area contributed by atoms with Crippen molar-refractivity contribution in [2.45, 2.75) is 32.8 Å². The molecule has 1 atom stereocenters. The zero-order valence-electron chi connectivity index (χ0n) is 14.7. The molecule has 0 spiro atoms. The van der Waals surface area contributed by atoms with Gasteiger partial charge in [-0.3, -0.25) is 4.79 Å². The maximum absolute atomic E-state index is 12.9. The Morgan fingerprint density at radius 2 is 1.68 bits per heavy atom. The largest absolute Gasteiger partial charge is 0.444 e. The van der Waals surface area contributed by atoms with Crippen LogP contribution in [0.25, 0.3) is 0 Å². The van der Waals surface area contributed by atoms with E-state index in [-0.39, 0.29) is 5.91 Å². The predicted octanol–water partition coefficient (Wildman–Crippen LogP) is 3.82. The van der Waals surface area contributed by atoms with Crippen LogP contribution in [0.5, 0.6) is 0 Å². The third-order valence-electron chi connectivity index (χ3n) is 4.58. The molecule has 1 saturated heterocycles. The Hall–Kier alpha value is -2.62. The molecule has 2 aromatic carbocycles. The Morgan fingerprint density at radius 3 is 2.36 bits per heavy atom. The fourth-order valence-electron chi connectivity index (χ4n) is 3.12. The molecule has 0 radical (unpaired) electrons. The first kappa shape index (κ1) is 17.2. The first-order valence-corrected chi connectivity index (χ1v) is 8.68. The third-order valence-corrected chi connectivity index (χ3v) is 4.58. The van der Waals surface area contributed by atoms with Gasteiger partial charge in [-0.1, -0.05) is 48.0 Å². The highest BCUT2D eigenvalue weighted by molar-refractivity contribution is 5.94. The number of aryl methyl sites for hydroxylation is 2. The van der Waals surface area contributed by atoms with Gasteiger partial charge < -0.3 is 9.64 Å². The van der Waals surface area contributed by atoms with Gasteiger partial charge in [0.25, 0.3) is 5.91 Å². The van der Waals surface area contributed by atoms with Crippen LogP contribution in [0.4, 0.5) is 0 Å². The van der Waals surface area contributed by atoms with E-state index in [9.17, 15) is 9.59 Å². The van der Waals surface area contributed by atoms with Crippen molar-refractivity contribution in [3.8, 4) is 0 Å². The van der Waals surface area contributed by atoms with Gasteiger partial charge in [-0.05, 0) is 38.3 Å². The number of nitrogens with zero attached hydrogens (tertiary/aromatic N) is 1. The zero-order chi connectivity index (χ0) is 17.8. The van der Waals surface area contributed by atoms with E-state index >= 15 is 0 Å². The van der Waals surface area contributed by atoms with E-state index in [2.05, 4.69) is 0 Å². The molecule has 1 amide bonds. The number of rotatable bonds is 4. The number of hydrogen-bond donors (Lipinski definition) is 0. The molecule has 1 aliphatic rings. The van der Waals surface area contributed by atoms with Crippen molar-refractivity contribution < 1.29 is 14.3 Å². The first-order chi connectivity index (χ1) is 12.1. The molecule has 1 heterocycles. The van der Waals surface area contributed by atoms with Gasteiger partial charge in [-0.15, -0.1) is 0 Å². The van der Waals surface area contributed by atoms with Crippen molar-refractivity contribution in [3.63, 3.8) is 0 Å². The van der Waals surface area contributed by atoms with E-state index in [4.69, 9.17) is 4.74 Å². The molecular weight excluding hydrogens is 314 g/mol. The van der Waals surface area contributed by atoms with E-state index in [1.165, 1.54) is 0 Å². The van der Waals surface area contributed by atoms with Crippen LogP contribution in [0, 0.1) is 13.8 Å². The van der Waals surface area contributed by atoms with Crippen LogP contribution in [0.15, 0.2) is 48.5 Å². The number of amides is 1. The Bertz CT molecular complexity index is 764. The van der Waals surface area contributed by atoms with Crippen molar-refractivity contribution in [1.82, 2.24) is 4.90 Å². The second-order valence-corrected chi connectivity index (χ2v) is 6.55. The third kappa shape index (κ3) is 3.90. The van der Waals surface area contributed by atoms with Gasteiger partial charge in [0.1, 0.15) is 0 Å². The van der Waals surface area contributed by atoms with Crippen molar-refractivity contribution in [2.24, 2.45) is 0 Å². The van der Waals surface area contributed by atoms with Gasteiger partial charge in [-0.25, -0.2) is 4.79 Å². The minimum atomic E-state index is -0.897.